The van der Waals surface area contributed by atoms with Crippen molar-refractivity contribution in [3.8, 4) is 11.5 Å². The Labute approximate surface area is 138 Å². The number of aryl methyl sites for hydroxylation is 1. The van der Waals surface area contributed by atoms with Crippen LogP contribution in [0, 0.1) is 11.8 Å². The predicted octanol–water partition coefficient (Wildman–Crippen LogP) is 3.78. The summed E-state index contributed by atoms with van der Waals surface area (Å²) in [6, 6.07) is 5.66. The standard InChI is InChI=1S/C19H26O4/c1-14-6-4-5-7-16(14)13-23-19(20)9-8-15-10-17(21-2)12-18(11-15)22-3/h4-5,10-12,14,16H,6-9,13H2,1-3H3. The number of benzene rings is 1. The van der Waals surface area contributed by atoms with E-state index in [1.165, 1.54) is 0 Å². The lowest BCUT2D eigenvalue weighted by atomic mass is 9.85. The fraction of sp³-hybridized carbons (Fsp3) is 0.526. The molecule has 0 spiro atoms. The topological polar surface area (TPSA) is 44.8 Å². The highest BCUT2D eigenvalue weighted by Gasteiger charge is 2.19. The van der Waals surface area contributed by atoms with Crippen LogP contribution in [0.4, 0.5) is 0 Å². The summed E-state index contributed by atoms with van der Waals surface area (Å²) in [6.45, 7) is 2.73. The van der Waals surface area contributed by atoms with Gasteiger partial charge in [-0.15, -0.1) is 0 Å². The van der Waals surface area contributed by atoms with Crippen LogP contribution < -0.4 is 9.47 Å². The third-order valence-corrected chi connectivity index (χ3v) is 4.41. The van der Waals surface area contributed by atoms with Gasteiger partial charge in [-0.1, -0.05) is 19.1 Å². The maximum absolute atomic E-state index is 12.0. The molecule has 0 fully saturated rings. The first kappa shape index (κ1) is 17.4. The lowest BCUT2D eigenvalue weighted by Crippen LogP contribution is -2.21. The van der Waals surface area contributed by atoms with E-state index < -0.39 is 0 Å². The molecule has 1 aliphatic carbocycles. The van der Waals surface area contributed by atoms with Crippen LogP contribution >= 0.6 is 0 Å². The molecule has 0 bridgehead atoms. The fourth-order valence-electron chi connectivity index (χ4n) is 2.77. The summed E-state index contributed by atoms with van der Waals surface area (Å²) in [5.74, 6) is 2.34. The molecule has 4 nitrogen and oxygen atoms in total. The minimum atomic E-state index is -0.145. The number of allylic oxidation sites excluding steroid dienone is 2. The fourth-order valence-corrected chi connectivity index (χ4v) is 2.77. The minimum Gasteiger partial charge on any atom is -0.497 e. The second-order valence-corrected chi connectivity index (χ2v) is 6.08. The van der Waals surface area contributed by atoms with Crippen LogP contribution in [0.1, 0.15) is 31.7 Å². The molecule has 1 aromatic rings. The lowest BCUT2D eigenvalue weighted by Gasteiger charge is -2.24. The third kappa shape index (κ3) is 5.31. The molecular formula is C19H26O4. The molecule has 23 heavy (non-hydrogen) atoms. The van der Waals surface area contributed by atoms with Crippen molar-refractivity contribution < 1.29 is 19.0 Å². The first-order valence-electron chi connectivity index (χ1n) is 8.15. The number of rotatable bonds is 7. The summed E-state index contributed by atoms with van der Waals surface area (Å²) in [7, 11) is 3.24. The van der Waals surface area contributed by atoms with Crippen molar-refractivity contribution in [3.63, 3.8) is 0 Å². The number of methoxy groups -OCH3 is 2. The Morgan fingerprint density at radius 3 is 2.35 bits per heavy atom. The molecule has 2 atom stereocenters. The first-order valence-corrected chi connectivity index (χ1v) is 8.15. The molecule has 2 unspecified atom stereocenters. The molecule has 0 saturated heterocycles. The number of esters is 1. The zero-order valence-corrected chi connectivity index (χ0v) is 14.2. The first-order chi connectivity index (χ1) is 11.1. The number of hydrogen-bond donors (Lipinski definition) is 0. The minimum absolute atomic E-state index is 0.145. The van der Waals surface area contributed by atoms with E-state index >= 15 is 0 Å². The molecule has 0 saturated carbocycles. The van der Waals surface area contributed by atoms with Gasteiger partial charge in [0.15, 0.2) is 0 Å². The largest absolute Gasteiger partial charge is 0.497 e. The van der Waals surface area contributed by atoms with Crippen molar-refractivity contribution in [2.75, 3.05) is 20.8 Å². The Morgan fingerprint density at radius 1 is 1.09 bits per heavy atom. The lowest BCUT2D eigenvalue weighted by molar-refractivity contribution is -0.145. The van der Waals surface area contributed by atoms with E-state index in [0.717, 1.165) is 29.9 Å². The molecule has 2 rings (SSSR count). The number of hydrogen-bond acceptors (Lipinski definition) is 4. The van der Waals surface area contributed by atoms with Gasteiger partial charge >= 0.3 is 5.97 Å². The van der Waals surface area contributed by atoms with Gasteiger partial charge in [-0.25, -0.2) is 0 Å². The van der Waals surface area contributed by atoms with Gasteiger partial charge < -0.3 is 14.2 Å². The molecule has 0 aliphatic heterocycles. The van der Waals surface area contributed by atoms with Crippen molar-refractivity contribution in [2.24, 2.45) is 11.8 Å². The van der Waals surface area contributed by atoms with Crippen LogP contribution in [0.25, 0.3) is 0 Å². The van der Waals surface area contributed by atoms with Gasteiger partial charge in [0.05, 0.1) is 20.8 Å². The van der Waals surface area contributed by atoms with Crippen molar-refractivity contribution in [1.82, 2.24) is 0 Å². The van der Waals surface area contributed by atoms with Gasteiger partial charge in [0.2, 0.25) is 0 Å². The Morgan fingerprint density at radius 2 is 1.74 bits per heavy atom. The SMILES string of the molecule is COc1cc(CCC(=O)OCC2CC=CCC2C)cc(OC)c1. The second-order valence-electron chi connectivity index (χ2n) is 6.08. The van der Waals surface area contributed by atoms with Gasteiger partial charge in [0.25, 0.3) is 0 Å². The van der Waals surface area contributed by atoms with Gasteiger partial charge in [-0.05, 0) is 48.8 Å². The van der Waals surface area contributed by atoms with Crippen molar-refractivity contribution in [3.05, 3.63) is 35.9 Å². The maximum atomic E-state index is 12.0. The average molecular weight is 318 g/mol. The van der Waals surface area contributed by atoms with Crippen molar-refractivity contribution in [2.45, 2.75) is 32.6 Å². The van der Waals surface area contributed by atoms with E-state index in [0.29, 0.717) is 31.3 Å². The van der Waals surface area contributed by atoms with E-state index in [2.05, 4.69) is 19.1 Å². The van der Waals surface area contributed by atoms with Crippen LogP contribution in [0.2, 0.25) is 0 Å². The third-order valence-electron chi connectivity index (χ3n) is 4.41. The quantitative estimate of drug-likeness (QED) is 0.567. The number of carbonyl (C=O) groups is 1. The molecule has 0 radical (unpaired) electrons. The zero-order valence-electron chi connectivity index (χ0n) is 14.2. The molecule has 4 heteroatoms. The molecule has 0 aromatic heterocycles. The number of carbonyl (C=O) groups excluding carboxylic acids is 1. The predicted molar refractivity (Wildman–Crippen MR) is 89.9 cm³/mol. The van der Waals surface area contributed by atoms with E-state index in [1.54, 1.807) is 14.2 Å². The number of ether oxygens (including phenoxy) is 3. The Hall–Kier alpha value is -1.97. The second kappa shape index (κ2) is 8.61. The Bertz CT molecular complexity index is 528. The summed E-state index contributed by atoms with van der Waals surface area (Å²) in [5.41, 5.74) is 1.01. The molecule has 0 heterocycles. The smallest absolute Gasteiger partial charge is 0.306 e. The highest BCUT2D eigenvalue weighted by molar-refractivity contribution is 5.69. The monoisotopic (exact) mass is 318 g/mol. The summed E-state index contributed by atoms with van der Waals surface area (Å²) < 4.78 is 15.9. The normalized spacial score (nSPS) is 20.1. The highest BCUT2D eigenvalue weighted by atomic mass is 16.5. The van der Waals surface area contributed by atoms with Crippen LogP contribution in [-0.4, -0.2) is 26.8 Å². The molecule has 0 amide bonds. The summed E-state index contributed by atoms with van der Waals surface area (Å²) >= 11 is 0. The molecule has 0 N–H and O–H groups in total. The van der Waals surface area contributed by atoms with Gasteiger partial charge in [-0.2, -0.15) is 0 Å². The van der Waals surface area contributed by atoms with Crippen LogP contribution in [0.15, 0.2) is 30.4 Å². The van der Waals surface area contributed by atoms with Crippen molar-refractivity contribution >= 4 is 5.97 Å². The van der Waals surface area contributed by atoms with E-state index in [4.69, 9.17) is 14.2 Å². The van der Waals surface area contributed by atoms with E-state index in [1.807, 2.05) is 18.2 Å². The van der Waals surface area contributed by atoms with Crippen molar-refractivity contribution in [1.29, 1.82) is 0 Å². The Balaban J connectivity index is 1.81. The molecule has 1 aliphatic rings. The maximum Gasteiger partial charge on any atom is 0.306 e. The highest BCUT2D eigenvalue weighted by Crippen LogP contribution is 2.26. The van der Waals surface area contributed by atoms with Crippen LogP contribution in [-0.2, 0) is 16.0 Å². The Kier molecular flexibility index (Phi) is 6.51. The van der Waals surface area contributed by atoms with Crippen LogP contribution in [0.3, 0.4) is 0 Å². The van der Waals surface area contributed by atoms with Gasteiger partial charge in [0, 0.05) is 12.5 Å². The van der Waals surface area contributed by atoms with E-state index in [-0.39, 0.29) is 5.97 Å². The molecular weight excluding hydrogens is 292 g/mol. The summed E-state index contributed by atoms with van der Waals surface area (Å²) in [4.78, 5) is 12.0. The van der Waals surface area contributed by atoms with Gasteiger partial charge in [0.1, 0.15) is 11.5 Å². The average Bonchev–Trinajstić information content (AvgIpc) is 2.58. The van der Waals surface area contributed by atoms with Gasteiger partial charge in [-0.3, -0.25) is 4.79 Å². The zero-order chi connectivity index (χ0) is 16.7. The molecule has 126 valence electrons. The van der Waals surface area contributed by atoms with E-state index in [9.17, 15) is 4.79 Å². The summed E-state index contributed by atoms with van der Waals surface area (Å²) in [6.07, 6.45) is 7.45. The molecule has 1 aromatic carbocycles. The van der Waals surface area contributed by atoms with Crippen LogP contribution in [0.5, 0.6) is 11.5 Å². The summed E-state index contributed by atoms with van der Waals surface area (Å²) in [5, 5.41) is 0.